The predicted molar refractivity (Wildman–Crippen MR) is 137 cm³/mol. The first-order valence-electron chi connectivity index (χ1n) is 11.8. The quantitative estimate of drug-likeness (QED) is 0.239. The predicted octanol–water partition coefficient (Wildman–Crippen LogP) is 3.09. The lowest BCUT2D eigenvalue weighted by Gasteiger charge is -2.14. The molecule has 1 aliphatic rings. The van der Waals surface area contributed by atoms with Crippen molar-refractivity contribution in [3.8, 4) is 5.88 Å². The first-order valence-corrected chi connectivity index (χ1v) is 14.0. The number of halogens is 1. The average molecular weight is 557 g/mol. The van der Waals surface area contributed by atoms with Gasteiger partial charge in [0.05, 0.1) is 40.1 Å². The van der Waals surface area contributed by atoms with Gasteiger partial charge >= 0.3 is 5.97 Å². The molecule has 38 heavy (non-hydrogen) atoms. The topological polar surface area (TPSA) is 131 Å². The highest BCUT2D eigenvalue weighted by Gasteiger charge is 2.37. The van der Waals surface area contributed by atoms with Gasteiger partial charge in [0, 0.05) is 49.8 Å². The Labute approximate surface area is 223 Å². The van der Waals surface area contributed by atoms with Crippen LogP contribution >= 0.6 is 11.6 Å². The van der Waals surface area contributed by atoms with E-state index in [1.54, 1.807) is 31.2 Å². The van der Waals surface area contributed by atoms with Crippen LogP contribution in [0.15, 0.2) is 41.8 Å². The Bertz CT molecular complexity index is 1700. The van der Waals surface area contributed by atoms with Crippen molar-refractivity contribution in [2.45, 2.75) is 37.1 Å². The Hall–Kier alpha value is -3.77. The fraction of sp³-hybridized carbons (Fsp3) is 0.320. The van der Waals surface area contributed by atoms with E-state index in [0.29, 0.717) is 5.69 Å². The molecule has 0 bridgehead atoms. The van der Waals surface area contributed by atoms with Crippen molar-refractivity contribution in [3.63, 3.8) is 0 Å². The highest BCUT2D eigenvalue weighted by molar-refractivity contribution is 7.90. The Morgan fingerprint density at radius 1 is 1.13 bits per heavy atom. The van der Waals surface area contributed by atoms with Crippen LogP contribution in [0.5, 0.6) is 5.88 Å². The normalized spacial score (nSPS) is 13.6. The van der Waals surface area contributed by atoms with Crippen molar-refractivity contribution in [2.75, 3.05) is 6.26 Å². The number of carbonyl (C=O) groups excluding carboxylic acids is 2. The molecule has 1 fully saturated rings. The van der Waals surface area contributed by atoms with Crippen molar-refractivity contribution in [1.29, 1.82) is 0 Å². The number of aryl methyl sites for hydroxylation is 3. The van der Waals surface area contributed by atoms with Gasteiger partial charge in [0.15, 0.2) is 9.84 Å². The summed E-state index contributed by atoms with van der Waals surface area (Å²) in [4.78, 5) is 26.9. The molecule has 5 rings (SSSR count). The van der Waals surface area contributed by atoms with Crippen LogP contribution in [0.3, 0.4) is 0 Å². The van der Waals surface area contributed by atoms with Gasteiger partial charge in [-0.25, -0.2) is 17.9 Å². The zero-order chi connectivity index (χ0) is 27.4. The van der Waals surface area contributed by atoms with Gasteiger partial charge in [-0.15, -0.1) is 0 Å². The van der Waals surface area contributed by atoms with E-state index in [4.69, 9.17) is 16.3 Å². The summed E-state index contributed by atoms with van der Waals surface area (Å²) >= 11 is 6.76. The van der Waals surface area contributed by atoms with E-state index in [2.05, 4.69) is 15.3 Å². The smallest absolute Gasteiger partial charge is 0.348 e. The fourth-order valence-electron chi connectivity index (χ4n) is 4.30. The van der Waals surface area contributed by atoms with Gasteiger partial charge < -0.3 is 4.74 Å². The molecule has 1 saturated carbocycles. The minimum Gasteiger partial charge on any atom is -0.403 e. The second kappa shape index (κ2) is 9.52. The lowest BCUT2D eigenvalue weighted by molar-refractivity contribution is 0.0718. The number of hydrogen-bond acceptors (Lipinski definition) is 8. The van der Waals surface area contributed by atoms with Crippen LogP contribution < -0.4 is 4.74 Å². The number of esters is 1. The number of ether oxygens (including phenoxy) is 1. The van der Waals surface area contributed by atoms with Crippen molar-refractivity contribution >= 4 is 33.2 Å². The molecule has 0 unspecified atom stereocenters. The molecule has 11 nitrogen and oxygen atoms in total. The molecule has 0 saturated heterocycles. The Morgan fingerprint density at radius 2 is 1.87 bits per heavy atom. The molecule has 0 spiro atoms. The summed E-state index contributed by atoms with van der Waals surface area (Å²) in [6.45, 7) is 1.90. The molecule has 0 radical (unpaired) electrons. The molecule has 0 amide bonds. The van der Waals surface area contributed by atoms with Crippen LogP contribution in [0.2, 0.25) is 5.02 Å². The monoisotopic (exact) mass is 556 g/mol. The standard InChI is InChI=1S/C25H25ClN6O5S/c1-14-9-28-32(11-14)13-18-19(38(4,35)36)8-7-17(21(18)26)23(33)20-22(15-5-6-15)29-31(3)24(20)37-25(34)16-10-27-30(2)12-16/h7-12,15H,5-6,13H2,1-4H3. The molecule has 13 heteroatoms. The van der Waals surface area contributed by atoms with E-state index in [9.17, 15) is 18.0 Å². The Kier molecular flexibility index (Phi) is 6.48. The molecule has 198 valence electrons. The second-order valence-electron chi connectivity index (χ2n) is 9.48. The first kappa shape index (κ1) is 25.9. The number of ketones is 1. The summed E-state index contributed by atoms with van der Waals surface area (Å²) in [5, 5.41) is 12.7. The number of carbonyl (C=O) groups is 2. The molecule has 4 aromatic rings. The molecule has 0 aliphatic heterocycles. The summed E-state index contributed by atoms with van der Waals surface area (Å²) in [5.74, 6) is -1.17. The summed E-state index contributed by atoms with van der Waals surface area (Å²) < 4.78 is 35.2. The largest absolute Gasteiger partial charge is 0.403 e. The molecule has 0 N–H and O–H groups in total. The van der Waals surface area contributed by atoms with Gasteiger partial charge in [-0.2, -0.15) is 15.3 Å². The van der Waals surface area contributed by atoms with Gasteiger partial charge in [-0.1, -0.05) is 11.6 Å². The maximum Gasteiger partial charge on any atom is 0.348 e. The van der Waals surface area contributed by atoms with Gasteiger partial charge in [-0.05, 0) is 37.5 Å². The lowest BCUT2D eigenvalue weighted by atomic mass is 9.99. The average Bonchev–Trinajstić information content (AvgIpc) is 3.33. The minimum absolute atomic E-state index is 0.00374. The minimum atomic E-state index is -3.67. The summed E-state index contributed by atoms with van der Waals surface area (Å²) in [5.41, 5.74) is 2.06. The number of benzene rings is 1. The summed E-state index contributed by atoms with van der Waals surface area (Å²) in [7, 11) is -0.404. The highest BCUT2D eigenvalue weighted by atomic mass is 35.5. The third-order valence-corrected chi connectivity index (χ3v) is 7.88. The number of hydrogen-bond donors (Lipinski definition) is 0. The van der Waals surface area contributed by atoms with Gasteiger partial charge in [0.2, 0.25) is 11.7 Å². The number of rotatable bonds is 8. The Balaban J connectivity index is 1.61. The Morgan fingerprint density at radius 3 is 2.45 bits per heavy atom. The zero-order valence-electron chi connectivity index (χ0n) is 21.2. The van der Waals surface area contributed by atoms with Gasteiger partial charge in [0.1, 0.15) is 5.56 Å². The number of sulfone groups is 1. The van der Waals surface area contributed by atoms with E-state index in [0.717, 1.165) is 24.7 Å². The molecule has 1 aliphatic carbocycles. The van der Waals surface area contributed by atoms with Crippen LogP contribution in [-0.2, 0) is 30.5 Å². The number of nitrogens with zero attached hydrogens (tertiary/aromatic N) is 6. The van der Waals surface area contributed by atoms with Crippen LogP contribution in [0, 0.1) is 6.92 Å². The SMILES string of the molecule is Cc1cnn(Cc2c(S(C)(=O)=O)ccc(C(=O)c3c(C4CC4)nn(C)c3OC(=O)c3cnn(C)c3)c2Cl)c1. The van der Waals surface area contributed by atoms with Crippen molar-refractivity contribution in [2.24, 2.45) is 14.1 Å². The third-order valence-electron chi connectivity index (χ3n) is 6.27. The maximum atomic E-state index is 14.0. The molecule has 1 aromatic carbocycles. The second-order valence-corrected chi connectivity index (χ2v) is 11.8. The van der Waals surface area contributed by atoms with Crippen LogP contribution in [0.25, 0.3) is 0 Å². The van der Waals surface area contributed by atoms with E-state index in [1.807, 2.05) is 6.92 Å². The molecular formula is C25H25ClN6O5S. The summed E-state index contributed by atoms with van der Waals surface area (Å²) in [6.07, 6.45) is 9.04. The highest BCUT2D eigenvalue weighted by Crippen LogP contribution is 2.44. The van der Waals surface area contributed by atoms with Crippen molar-refractivity contribution < 1.29 is 22.7 Å². The van der Waals surface area contributed by atoms with E-state index in [-0.39, 0.29) is 50.5 Å². The van der Waals surface area contributed by atoms with E-state index in [1.165, 1.54) is 33.9 Å². The third kappa shape index (κ3) is 4.88. The fourth-order valence-corrected chi connectivity index (χ4v) is 5.59. The van der Waals surface area contributed by atoms with Crippen LogP contribution in [0.1, 0.15) is 61.9 Å². The number of aromatic nitrogens is 6. The van der Waals surface area contributed by atoms with Gasteiger partial charge in [-0.3, -0.25) is 14.2 Å². The van der Waals surface area contributed by atoms with E-state index < -0.39 is 21.6 Å². The van der Waals surface area contributed by atoms with Gasteiger partial charge in [0.25, 0.3) is 0 Å². The van der Waals surface area contributed by atoms with Crippen molar-refractivity contribution in [3.05, 3.63) is 75.5 Å². The van der Waals surface area contributed by atoms with Crippen molar-refractivity contribution in [1.82, 2.24) is 29.3 Å². The lowest BCUT2D eigenvalue weighted by Crippen LogP contribution is -2.15. The molecule has 0 atom stereocenters. The van der Waals surface area contributed by atoms with E-state index >= 15 is 0 Å². The summed E-state index contributed by atoms with van der Waals surface area (Å²) in [6, 6.07) is 2.75. The zero-order valence-corrected chi connectivity index (χ0v) is 22.7. The molecular weight excluding hydrogens is 532 g/mol. The van der Waals surface area contributed by atoms with Crippen LogP contribution in [-0.4, -0.2) is 55.8 Å². The molecule has 3 heterocycles. The molecule has 3 aromatic heterocycles. The first-order chi connectivity index (χ1) is 17.9. The maximum absolute atomic E-state index is 14.0. The van der Waals surface area contributed by atoms with Crippen LogP contribution in [0.4, 0.5) is 0 Å².